The molecule has 7 heteroatoms. The van der Waals surface area contributed by atoms with Crippen LogP contribution in [0.1, 0.15) is 12.7 Å². The van der Waals surface area contributed by atoms with Crippen molar-refractivity contribution in [3.63, 3.8) is 0 Å². The summed E-state index contributed by atoms with van der Waals surface area (Å²) in [7, 11) is 0. The summed E-state index contributed by atoms with van der Waals surface area (Å²) in [6.45, 7) is 1.48. The molecule has 0 fully saturated rings. The Morgan fingerprint density at radius 3 is 2.83 bits per heavy atom. The number of carbonyl (C=O) groups is 1. The Bertz CT molecular complexity index is 807. The van der Waals surface area contributed by atoms with Crippen molar-refractivity contribution in [2.24, 2.45) is 5.10 Å². The fourth-order valence-corrected chi connectivity index (χ4v) is 2.57. The van der Waals surface area contributed by atoms with Crippen LogP contribution in [0.5, 0.6) is 0 Å². The van der Waals surface area contributed by atoms with Gasteiger partial charge < -0.3 is 9.73 Å². The van der Waals surface area contributed by atoms with Gasteiger partial charge in [0.15, 0.2) is 0 Å². The Kier molecular flexibility index (Phi) is 4.49. The lowest BCUT2D eigenvalue weighted by molar-refractivity contribution is -0.114. The average molecular weight is 326 g/mol. The van der Waals surface area contributed by atoms with E-state index in [1.807, 2.05) is 35.7 Å². The van der Waals surface area contributed by atoms with Gasteiger partial charge in [0.05, 0.1) is 18.2 Å². The molecule has 1 amide bonds. The van der Waals surface area contributed by atoms with Crippen LogP contribution in [-0.2, 0) is 4.79 Å². The van der Waals surface area contributed by atoms with Gasteiger partial charge in [0.25, 0.3) is 0 Å². The highest BCUT2D eigenvalue weighted by molar-refractivity contribution is 7.14. The number of hydrazone groups is 1. The molecule has 116 valence electrons. The SMILES string of the molecule is CC(=O)Nc1ccc(-c2csc(N/N=C/c3ccco3)n2)cc1. The topological polar surface area (TPSA) is 79.5 Å². The second kappa shape index (κ2) is 6.89. The normalized spacial score (nSPS) is 10.8. The number of aromatic nitrogens is 1. The Labute approximate surface area is 136 Å². The highest BCUT2D eigenvalue weighted by atomic mass is 32.1. The lowest BCUT2D eigenvalue weighted by Crippen LogP contribution is -2.05. The zero-order valence-corrected chi connectivity index (χ0v) is 13.1. The first-order chi connectivity index (χ1) is 11.2. The van der Waals surface area contributed by atoms with E-state index in [0.717, 1.165) is 16.9 Å². The van der Waals surface area contributed by atoms with Crippen LogP contribution in [0, 0.1) is 0 Å². The fourth-order valence-electron chi connectivity index (χ4n) is 1.90. The summed E-state index contributed by atoms with van der Waals surface area (Å²) in [6, 6.07) is 11.1. The van der Waals surface area contributed by atoms with Gasteiger partial charge in [-0.2, -0.15) is 5.10 Å². The van der Waals surface area contributed by atoms with Crippen LogP contribution in [0.3, 0.4) is 0 Å². The minimum Gasteiger partial charge on any atom is -0.463 e. The second-order valence-electron chi connectivity index (χ2n) is 4.68. The van der Waals surface area contributed by atoms with E-state index in [4.69, 9.17) is 4.42 Å². The lowest BCUT2D eigenvalue weighted by atomic mass is 10.1. The Morgan fingerprint density at radius 1 is 1.30 bits per heavy atom. The van der Waals surface area contributed by atoms with Crippen LogP contribution < -0.4 is 10.7 Å². The van der Waals surface area contributed by atoms with E-state index in [1.165, 1.54) is 18.3 Å². The standard InChI is InChI=1S/C16H14N4O2S/c1-11(21)18-13-6-4-12(5-7-13)15-10-23-16(19-15)20-17-9-14-3-2-8-22-14/h2-10H,1H3,(H,18,21)(H,19,20)/b17-9+. The van der Waals surface area contributed by atoms with E-state index < -0.39 is 0 Å². The molecule has 2 aromatic heterocycles. The summed E-state index contributed by atoms with van der Waals surface area (Å²) in [5.41, 5.74) is 5.45. The third-order valence-electron chi connectivity index (χ3n) is 2.90. The molecule has 0 unspecified atom stereocenters. The Hall–Kier alpha value is -2.93. The third kappa shape index (κ3) is 4.04. The van der Waals surface area contributed by atoms with E-state index in [1.54, 1.807) is 18.5 Å². The average Bonchev–Trinajstić information content (AvgIpc) is 3.19. The van der Waals surface area contributed by atoms with E-state index in [-0.39, 0.29) is 5.91 Å². The van der Waals surface area contributed by atoms with E-state index >= 15 is 0 Å². The number of hydrogen-bond donors (Lipinski definition) is 2. The van der Waals surface area contributed by atoms with Crippen LogP contribution in [0.15, 0.2) is 57.6 Å². The predicted molar refractivity (Wildman–Crippen MR) is 91.8 cm³/mol. The van der Waals surface area contributed by atoms with Crippen LogP contribution >= 0.6 is 11.3 Å². The molecule has 0 aliphatic heterocycles. The maximum absolute atomic E-state index is 11.0. The molecule has 0 saturated heterocycles. The molecule has 0 aliphatic carbocycles. The number of carbonyl (C=O) groups excluding carboxylic acids is 1. The van der Waals surface area contributed by atoms with Crippen LogP contribution in [0.25, 0.3) is 11.3 Å². The number of anilines is 2. The van der Waals surface area contributed by atoms with Crippen molar-refractivity contribution in [2.75, 3.05) is 10.7 Å². The molecule has 0 radical (unpaired) electrons. The van der Waals surface area contributed by atoms with Gasteiger partial charge in [-0.1, -0.05) is 12.1 Å². The highest BCUT2D eigenvalue weighted by Crippen LogP contribution is 2.26. The molecule has 0 aliphatic rings. The molecule has 3 rings (SSSR count). The number of hydrogen-bond acceptors (Lipinski definition) is 6. The summed E-state index contributed by atoms with van der Waals surface area (Å²) < 4.78 is 5.15. The number of rotatable bonds is 5. The van der Waals surface area contributed by atoms with E-state index in [2.05, 4.69) is 20.8 Å². The minimum atomic E-state index is -0.0905. The molecule has 0 spiro atoms. The van der Waals surface area contributed by atoms with Gasteiger partial charge in [0.1, 0.15) is 5.76 Å². The number of furan rings is 1. The van der Waals surface area contributed by atoms with Gasteiger partial charge in [-0.3, -0.25) is 10.2 Å². The molecular weight excluding hydrogens is 312 g/mol. The first-order valence-corrected chi connectivity index (χ1v) is 7.75. The van der Waals surface area contributed by atoms with Gasteiger partial charge >= 0.3 is 0 Å². The quantitative estimate of drug-likeness (QED) is 0.552. The van der Waals surface area contributed by atoms with Gasteiger partial charge in [0, 0.05) is 23.6 Å². The first-order valence-electron chi connectivity index (χ1n) is 6.87. The maximum atomic E-state index is 11.0. The molecule has 6 nitrogen and oxygen atoms in total. The van der Waals surface area contributed by atoms with Crippen LogP contribution in [0.2, 0.25) is 0 Å². The molecule has 1 aromatic carbocycles. The van der Waals surface area contributed by atoms with E-state index in [9.17, 15) is 4.79 Å². The summed E-state index contributed by atoms with van der Waals surface area (Å²) in [5, 5.41) is 9.43. The molecule has 0 saturated carbocycles. The van der Waals surface area contributed by atoms with Crippen LogP contribution in [-0.4, -0.2) is 17.1 Å². The fraction of sp³-hybridized carbons (Fsp3) is 0.0625. The van der Waals surface area contributed by atoms with Crippen molar-refractivity contribution < 1.29 is 9.21 Å². The summed E-state index contributed by atoms with van der Waals surface area (Å²) in [4.78, 5) is 15.5. The molecular formula is C16H14N4O2S. The largest absolute Gasteiger partial charge is 0.463 e. The molecule has 23 heavy (non-hydrogen) atoms. The Balaban J connectivity index is 1.65. The molecule has 0 atom stereocenters. The molecule has 2 N–H and O–H groups in total. The van der Waals surface area contributed by atoms with E-state index in [0.29, 0.717) is 10.9 Å². The van der Waals surface area contributed by atoms with Crippen molar-refractivity contribution in [2.45, 2.75) is 6.92 Å². The highest BCUT2D eigenvalue weighted by Gasteiger charge is 2.04. The monoisotopic (exact) mass is 326 g/mol. The second-order valence-corrected chi connectivity index (χ2v) is 5.54. The number of nitrogens with one attached hydrogen (secondary N) is 2. The van der Waals surface area contributed by atoms with Crippen molar-refractivity contribution in [3.8, 4) is 11.3 Å². The third-order valence-corrected chi connectivity index (χ3v) is 3.65. The number of amides is 1. The van der Waals surface area contributed by atoms with Gasteiger partial charge in [-0.05, 0) is 24.3 Å². The summed E-state index contributed by atoms with van der Waals surface area (Å²) in [5.74, 6) is 0.579. The molecule has 0 bridgehead atoms. The van der Waals surface area contributed by atoms with Crippen molar-refractivity contribution in [3.05, 3.63) is 53.8 Å². The first kappa shape index (κ1) is 15.0. The van der Waals surface area contributed by atoms with Gasteiger partial charge in [-0.25, -0.2) is 4.98 Å². The zero-order chi connectivity index (χ0) is 16.1. The number of nitrogens with zero attached hydrogens (tertiary/aromatic N) is 2. The Morgan fingerprint density at radius 2 is 2.13 bits per heavy atom. The number of benzene rings is 1. The molecule has 2 heterocycles. The van der Waals surface area contributed by atoms with Crippen LogP contribution in [0.4, 0.5) is 10.8 Å². The smallest absolute Gasteiger partial charge is 0.221 e. The summed E-state index contributed by atoms with van der Waals surface area (Å²) >= 11 is 1.46. The summed E-state index contributed by atoms with van der Waals surface area (Å²) in [6.07, 6.45) is 3.18. The van der Waals surface area contributed by atoms with Gasteiger partial charge in [-0.15, -0.1) is 11.3 Å². The minimum absolute atomic E-state index is 0.0905. The molecule has 3 aromatic rings. The van der Waals surface area contributed by atoms with Crippen molar-refractivity contribution in [1.82, 2.24) is 4.98 Å². The van der Waals surface area contributed by atoms with Crippen molar-refractivity contribution in [1.29, 1.82) is 0 Å². The van der Waals surface area contributed by atoms with Crippen molar-refractivity contribution >= 4 is 34.3 Å². The predicted octanol–water partition coefficient (Wildman–Crippen LogP) is 3.81. The maximum Gasteiger partial charge on any atom is 0.221 e. The number of thiazole rings is 1. The zero-order valence-electron chi connectivity index (χ0n) is 12.3. The van der Waals surface area contributed by atoms with Gasteiger partial charge in [0.2, 0.25) is 11.0 Å². The lowest BCUT2D eigenvalue weighted by Gasteiger charge is -2.02.